The van der Waals surface area contributed by atoms with Crippen LogP contribution in [-0.4, -0.2) is 36.4 Å². The third kappa shape index (κ3) is 5.67. The Kier molecular flexibility index (Phi) is 8.31. The zero-order valence-corrected chi connectivity index (χ0v) is 25.1. The minimum absolute atomic E-state index is 0.220. The summed E-state index contributed by atoms with van der Waals surface area (Å²) >= 11 is 0. The molecule has 0 aliphatic carbocycles. The van der Waals surface area contributed by atoms with E-state index in [4.69, 9.17) is 14.2 Å². The van der Waals surface area contributed by atoms with Crippen LogP contribution >= 0.6 is 0 Å². The Morgan fingerprint density at radius 1 is 0.881 bits per heavy atom. The molecule has 216 valence electrons. The van der Waals surface area contributed by atoms with E-state index in [9.17, 15) is 4.21 Å². The van der Waals surface area contributed by atoms with Gasteiger partial charge in [0.2, 0.25) is 0 Å². The van der Waals surface area contributed by atoms with Crippen molar-refractivity contribution in [3.63, 3.8) is 0 Å². The highest BCUT2D eigenvalue weighted by Gasteiger charge is 2.36. The van der Waals surface area contributed by atoms with Gasteiger partial charge in [0, 0.05) is 24.8 Å². The average Bonchev–Trinajstić information content (AvgIpc) is 3.04. The van der Waals surface area contributed by atoms with E-state index in [2.05, 4.69) is 36.1 Å². The highest BCUT2D eigenvalue weighted by Crippen LogP contribution is 2.44. The lowest BCUT2D eigenvalue weighted by atomic mass is 9.85. The van der Waals surface area contributed by atoms with Crippen molar-refractivity contribution in [3.8, 4) is 17.2 Å². The third-order valence-electron chi connectivity index (χ3n) is 8.14. The van der Waals surface area contributed by atoms with E-state index in [-0.39, 0.29) is 6.04 Å². The quantitative estimate of drug-likeness (QED) is 0.212. The predicted molar refractivity (Wildman–Crippen MR) is 167 cm³/mol. The molecule has 2 heterocycles. The summed E-state index contributed by atoms with van der Waals surface area (Å²) in [6, 6.07) is 32.2. The summed E-state index contributed by atoms with van der Waals surface area (Å²) in [5.74, 6) is 2.30. The van der Waals surface area contributed by atoms with Gasteiger partial charge in [0.1, 0.15) is 12.4 Å². The Hall–Kier alpha value is -4.07. The molecule has 4 aromatic carbocycles. The molecule has 0 spiro atoms. The lowest BCUT2D eigenvalue weighted by Gasteiger charge is -2.44. The Labute approximate surface area is 250 Å². The molecule has 42 heavy (non-hydrogen) atoms. The molecule has 4 aromatic rings. The van der Waals surface area contributed by atoms with Crippen LogP contribution in [-0.2, 0) is 24.0 Å². The number of nitrogens with zero attached hydrogens (tertiary/aromatic N) is 2. The van der Waals surface area contributed by atoms with Crippen molar-refractivity contribution in [2.75, 3.05) is 31.6 Å². The molecule has 6 nitrogen and oxygen atoms in total. The van der Waals surface area contributed by atoms with Crippen LogP contribution in [0.15, 0.2) is 113 Å². The number of methoxy groups -OCH3 is 2. The van der Waals surface area contributed by atoms with Crippen molar-refractivity contribution in [2.45, 2.75) is 37.3 Å². The van der Waals surface area contributed by atoms with E-state index in [0.29, 0.717) is 13.2 Å². The van der Waals surface area contributed by atoms with Gasteiger partial charge in [-0.1, -0.05) is 48.5 Å². The summed E-state index contributed by atoms with van der Waals surface area (Å²) in [6.45, 7) is 4.28. The van der Waals surface area contributed by atoms with Crippen LogP contribution in [0, 0.1) is 0 Å². The summed E-state index contributed by atoms with van der Waals surface area (Å²) in [6.07, 6.45) is 1.75. The summed E-state index contributed by atoms with van der Waals surface area (Å²) in [4.78, 5) is 3.28. The van der Waals surface area contributed by atoms with Gasteiger partial charge in [-0.2, -0.15) is 0 Å². The Bertz CT molecular complexity index is 1590. The van der Waals surface area contributed by atoms with Crippen molar-refractivity contribution in [1.29, 1.82) is 0 Å². The Balaban J connectivity index is 1.32. The van der Waals surface area contributed by atoms with Crippen molar-refractivity contribution < 1.29 is 18.4 Å². The molecular formula is C35H36N2O4S. The van der Waals surface area contributed by atoms with Gasteiger partial charge in [-0.25, -0.2) is 4.21 Å². The summed E-state index contributed by atoms with van der Waals surface area (Å²) in [5, 5.41) is 0. The van der Waals surface area contributed by atoms with E-state index >= 15 is 0 Å². The topological polar surface area (TPSA) is 51.2 Å². The maximum atomic E-state index is 14.1. The van der Waals surface area contributed by atoms with Crippen LogP contribution in [0.25, 0.3) is 0 Å². The highest BCUT2D eigenvalue weighted by atomic mass is 32.2. The number of benzene rings is 4. The van der Waals surface area contributed by atoms with Crippen molar-refractivity contribution in [1.82, 2.24) is 4.90 Å². The van der Waals surface area contributed by atoms with Crippen LogP contribution in [0.2, 0.25) is 0 Å². The molecular weight excluding hydrogens is 544 g/mol. The molecule has 0 saturated heterocycles. The molecule has 2 aliphatic rings. The first-order chi connectivity index (χ1) is 20.6. The number of fused-ring (bicyclic) bond motifs is 3. The second kappa shape index (κ2) is 12.4. The molecule has 0 saturated carbocycles. The lowest BCUT2D eigenvalue weighted by molar-refractivity contribution is 0.185. The summed E-state index contributed by atoms with van der Waals surface area (Å²) in [7, 11) is 1.95. The lowest BCUT2D eigenvalue weighted by Crippen LogP contribution is -2.44. The van der Waals surface area contributed by atoms with Gasteiger partial charge in [0.15, 0.2) is 22.5 Å². The fourth-order valence-electron chi connectivity index (χ4n) is 5.88. The molecule has 6 rings (SSSR count). The first-order valence-corrected chi connectivity index (χ1v) is 15.4. The Morgan fingerprint density at radius 3 is 2.29 bits per heavy atom. The van der Waals surface area contributed by atoms with Crippen LogP contribution in [0.4, 0.5) is 5.69 Å². The molecule has 0 fully saturated rings. The van der Waals surface area contributed by atoms with Gasteiger partial charge < -0.3 is 14.2 Å². The van der Waals surface area contributed by atoms with E-state index in [1.165, 1.54) is 16.7 Å². The minimum Gasteiger partial charge on any atom is -0.497 e. The first kappa shape index (κ1) is 28.1. The number of anilines is 1. The zero-order valence-electron chi connectivity index (χ0n) is 24.3. The smallest absolute Gasteiger partial charge is 0.161 e. The van der Waals surface area contributed by atoms with E-state index < -0.39 is 11.0 Å². The zero-order chi connectivity index (χ0) is 29.1. The third-order valence-corrected chi connectivity index (χ3v) is 9.58. The van der Waals surface area contributed by atoms with Crippen molar-refractivity contribution >= 4 is 16.7 Å². The molecule has 0 amide bonds. The van der Waals surface area contributed by atoms with E-state index in [1.54, 1.807) is 14.2 Å². The SMILES string of the molecule is COc1ccc(N(C2=C(C)CC3c4cc(OC)c(OCc5ccccc5)cc4CCN3C2)S(=O)c2ccccc2)cc1. The first-order valence-electron chi connectivity index (χ1n) is 14.3. The maximum Gasteiger partial charge on any atom is 0.161 e. The van der Waals surface area contributed by atoms with Crippen LogP contribution in [0.3, 0.4) is 0 Å². The molecule has 2 aliphatic heterocycles. The Morgan fingerprint density at radius 2 is 1.60 bits per heavy atom. The predicted octanol–water partition coefficient (Wildman–Crippen LogP) is 7.09. The molecule has 2 unspecified atom stereocenters. The van der Waals surface area contributed by atoms with E-state index in [1.807, 2.05) is 77.1 Å². The number of hydrogen-bond donors (Lipinski definition) is 0. The van der Waals surface area contributed by atoms with Crippen LogP contribution in [0.1, 0.15) is 36.1 Å². The van der Waals surface area contributed by atoms with Gasteiger partial charge in [-0.3, -0.25) is 9.21 Å². The number of rotatable bonds is 9. The second-order valence-corrected chi connectivity index (χ2v) is 12.0. The maximum absolute atomic E-state index is 14.1. The largest absolute Gasteiger partial charge is 0.497 e. The monoisotopic (exact) mass is 580 g/mol. The standard InChI is InChI=1S/C35H36N2O4S/c1-25-20-32-31-22-34(40-3)35(41-24-26-10-6-4-7-11-26)21-27(31)18-19-36(32)23-33(25)37(28-14-16-29(39-2)17-15-28)42(38)30-12-8-5-9-13-30/h4-17,21-22,32H,18-20,23-24H2,1-3H3. The molecule has 0 aromatic heterocycles. The normalized spacial score (nSPS) is 17.2. The van der Waals surface area contributed by atoms with Gasteiger partial charge >= 0.3 is 0 Å². The summed E-state index contributed by atoms with van der Waals surface area (Å²) in [5.41, 5.74) is 6.90. The molecule has 0 radical (unpaired) electrons. The van der Waals surface area contributed by atoms with Gasteiger partial charge in [0.25, 0.3) is 0 Å². The fourth-order valence-corrected chi connectivity index (χ4v) is 7.21. The molecule has 7 heteroatoms. The fraction of sp³-hybridized carbons (Fsp3) is 0.257. The van der Waals surface area contributed by atoms with Crippen molar-refractivity contribution in [3.05, 3.63) is 125 Å². The minimum atomic E-state index is -1.41. The van der Waals surface area contributed by atoms with Crippen LogP contribution < -0.4 is 18.5 Å². The number of ether oxygens (including phenoxy) is 3. The van der Waals surface area contributed by atoms with Gasteiger partial charge in [-0.15, -0.1) is 0 Å². The second-order valence-electron chi connectivity index (χ2n) is 10.7. The van der Waals surface area contributed by atoms with Crippen LogP contribution in [0.5, 0.6) is 17.2 Å². The highest BCUT2D eigenvalue weighted by molar-refractivity contribution is 7.86. The van der Waals surface area contributed by atoms with E-state index in [0.717, 1.165) is 58.5 Å². The molecule has 0 bridgehead atoms. The van der Waals surface area contributed by atoms with Crippen molar-refractivity contribution in [2.24, 2.45) is 0 Å². The summed E-state index contributed by atoms with van der Waals surface area (Å²) < 4.78 is 33.5. The molecule has 2 atom stereocenters. The molecule has 0 N–H and O–H groups in total. The van der Waals surface area contributed by atoms with Gasteiger partial charge in [-0.05, 0) is 90.6 Å². The average molecular weight is 581 g/mol. The number of hydrogen-bond acceptors (Lipinski definition) is 5. The van der Waals surface area contributed by atoms with Gasteiger partial charge in [0.05, 0.1) is 24.8 Å².